The number of benzene rings is 1. The Morgan fingerprint density at radius 3 is 2.38 bits per heavy atom. The van der Waals surface area contributed by atoms with Crippen molar-refractivity contribution in [3.05, 3.63) is 33.4 Å². The van der Waals surface area contributed by atoms with Crippen LogP contribution in [-0.4, -0.2) is 42.7 Å². The number of hydrogen-bond donors (Lipinski definition) is 4. The van der Waals surface area contributed by atoms with Gasteiger partial charge in [-0.1, -0.05) is 34.8 Å². The van der Waals surface area contributed by atoms with E-state index >= 15 is 0 Å². The lowest BCUT2D eigenvalue weighted by Crippen LogP contribution is -2.39. The molecule has 2 fully saturated rings. The molecule has 0 aliphatic heterocycles. The number of nitrogens with one attached hydrogen (secondary N) is 2. The van der Waals surface area contributed by atoms with Crippen LogP contribution in [0.3, 0.4) is 0 Å². The molecular formula is C22H24Cl3N7O2. The van der Waals surface area contributed by atoms with Gasteiger partial charge in [-0.15, -0.1) is 0 Å². The van der Waals surface area contributed by atoms with E-state index in [9.17, 15) is 9.90 Å². The second-order valence-corrected chi connectivity index (χ2v) is 10.2. The van der Waals surface area contributed by atoms with Gasteiger partial charge < -0.3 is 21.5 Å². The first-order valence-electron chi connectivity index (χ1n) is 11.2. The smallest absolute Gasteiger partial charge is 0.224 e. The van der Waals surface area contributed by atoms with E-state index in [1.165, 1.54) is 0 Å². The fraction of sp³-hybridized carbons (Fsp3) is 0.455. The molecule has 1 aromatic carbocycles. The zero-order valence-corrected chi connectivity index (χ0v) is 20.4. The summed E-state index contributed by atoms with van der Waals surface area (Å²) in [5.41, 5.74) is 7.29. The Kier molecular flexibility index (Phi) is 6.45. The van der Waals surface area contributed by atoms with Gasteiger partial charge in [0.1, 0.15) is 5.52 Å². The normalized spacial score (nSPS) is 24.6. The molecule has 0 saturated heterocycles. The van der Waals surface area contributed by atoms with E-state index in [2.05, 4.69) is 15.6 Å². The van der Waals surface area contributed by atoms with Crippen LogP contribution >= 0.6 is 34.8 Å². The molecule has 2 aliphatic rings. The monoisotopic (exact) mass is 523 g/mol. The van der Waals surface area contributed by atoms with Crippen LogP contribution in [0, 0.1) is 5.92 Å². The van der Waals surface area contributed by atoms with Crippen LogP contribution in [0.2, 0.25) is 15.1 Å². The van der Waals surface area contributed by atoms with Crippen molar-refractivity contribution in [3.63, 3.8) is 0 Å². The molecule has 5 N–H and O–H groups in total. The number of aliphatic hydroxyl groups is 1. The number of fused-ring (bicyclic) bond motifs is 1. The Morgan fingerprint density at radius 1 is 1.09 bits per heavy atom. The summed E-state index contributed by atoms with van der Waals surface area (Å²) >= 11 is 18.9. The van der Waals surface area contributed by atoms with Gasteiger partial charge in [0.05, 0.1) is 28.0 Å². The molecule has 0 unspecified atom stereocenters. The molecule has 2 heterocycles. The number of aliphatic hydroxyl groups excluding tert-OH is 1. The van der Waals surface area contributed by atoms with Crippen molar-refractivity contribution in [1.82, 2.24) is 19.5 Å². The van der Waals surface area contributed by atoms with E-state index < -0.39 is 0 Å². The zero-order valence-electron chi connectivity index (χ0n) is 18.1. The maximum absolute atomic E-state index is 11.7. The predicted octanol–water partition coefficient (Wildman–Crippen LogP) is 4.68. The number of aromatic nitrogens is 4. The summed E-state index contributed by atoms with van der Waals surface area (Å²) in [5.74, 6) is 0.614. The first-order valence-corrected chi connectivity index (χ1v) is 12.3. The quantitative estimate of drug-likeness (QED) is 0.368. The second-order valence-electron chi connectivity index (χ2n) is 8.95. The predicted molar refractivity (Wildman–Crippen MR) is 133 cm³/mol. The van der Waals surface area contributed by atoms with Gasteiger partial charge in [0.25, 0.3) is 0 Å². The van der Waals surface area contributed by atoms with E-state index in [0.717, 1.165) is 12.8 Å². The Balaban J connectivity index is 1.52. The van der Waals surface area contributed by atoms with E-state index in [0.29, 0.717) is 69.5 Å². The number of imidazole rings is 1. The Morgan fingerprint density at radius 2 is 1.76 bits per heavy atom. The first-order chi connectivity index (χ1) is 16.3. The van der Waals surface area contributed by atoms with Crippen molar-refractivity contribution in [2.45, 2.75) is 56.7 Å². The Labute approximate surface area is 211 Å². The van der Waals surface area contributed by atoms with E-state index in [1.807, 2.05) is 4.57 Å². The van der Waals surface area contributed by atoms with Crippen LogP contribution in [0.1, 0.15) is 44.6 Å². The van der Waals surface area contributed by atoms with Crippen molar-refractivity contribution >= 4 is 69.5 Å². The van der Waals surface area contributed by atoms with E-state index in [4.69, 9.17) is 50.5 Å². The number of carbonyl (C=O) groups excluding carboxylic acids is 1. The van der Waals surface area contributed by atoms with Crippen LogP contribution < -0.4 is 16.4 Å². The van der Waals surface area contributed by atoms with Crippen LogP contribution in [-0.2, 0) is 4.79 Å². The highest BCUT2D eigenvalue weighted by Crippen LogP contribution is 2.40. The second kappa shape index (κ2) is 9.37. The minimum absolute atomic E-state index is 0.0428. The summed E-state index contributed by atoms with van der Waals surface area (Å²) in [5, 5.41) is 17.3. The lowest BCUT2D eigenvalue weighted by atomic mass is 9.85. The molecule has 2 aromatic heterocycles. The number of rotatable bonds is 6. The minimum Gasteiger partial charge on any atom is -0.393 e. The molecule has 0 radical (unpaired) electrons. The molecule has 180 valence electrons. The standard InChI is InChI=1S/C22H24Cl3N7O2/c23-11-5-15(24)18(16(25)6-11)30-22-29-17-9-27-21(28-12-7-14(33)8-12)31-20(17)32(22)13-3-1-10(2-4-13)19(26)34/h5-6,9-10,12-14,33H,1-4,7-8H2,(H2,26,34)(H,29,30)(H,27,28,31). The molecule has 1 amide bonds. The van der Waals surface area contributed by atoms with Crippen molar-refractivity contribution in [1.29, 1.82) is 0 Å². The molecule has 0 bridgehead atoms. The van der Waals surface area contributed by atoms with Crippen molar-refractivity contribution in [2.24, 2.45) is 11.7 Å². The van der Waals surface area contributed by atoms with Gasteiger partial charge in [-0.2, -0.15) is 4.98 Å². The number of nitrogens with zero attached hydrogens (tertiary/aromatic N) is 4. The van der Waals surface area contributed by atoms with Crippen molar-refractivity contribution in [2.75, 3.05) is 10.6 Å². The highest BCUT2D eigenvalue weighted by atomic mass is 35.5. The topological polar surface area (TPSA) is 131 Å². The molecule has 5 rings (SSSR count). The third-order valence-corrected chi connectivity index (χ3v) is 7.40. The summed E-state index contributed by atoms with van der Waals surface area (Å²) in [6.07, 6.45) is 5.60. The summed E-state index contributed by atoms with van der Waals surface area (Å²) in [7, 11) is 0. The van der Waals surface area contributed by atoms with Gasteiger partial charge >= 0.3 is 0 Å². The average molecular weight is 525 g/mol. The van der Waals surface area contributed by atoms with Gasteiger partial charge in [-0.25, -0.2) is 9.97 Å². The number of carbonyl (C=O) groups is 1. The van der Waals surface area contributed by atoms with E-state index in [1.54, 1.807) is 18.3 Å². The highest BCUT2D eigenvalue weighted by molar-refractivity contribution is 6.41. The Hall–Kier alpha value is -2.33. The van der Waals surface area contributed by atoms with E-state index in [-0.39, 0.29) is 30.0 Å². The van der Waals surface area contributed by atoms with Gasteiger partial charge in [0, 0.05) is 23.0 Å². The summed E-state index contributed by atoms with van der Waals surface area (Å²) in [4.78, 5) is 25.6. The molecular weight excluding hydrogens is 501 g/mol. The van der Waals surface area contributed by atoms with Crippen LogP contribution in [0.15, 0.2) is 18.3 Å². The third kappa shape index (κ3) is 4.62. The van der Waals surface area contributed by atoms with Crippen LogP contribution in [0.5, 0.6) is 0 Å². The average Bonchev–Trinajstić information content (AvgIpc) is 3.12. The molecule has 34 heavy (non-hydrogen) atoms. The molecule has 12 heteroatoms. The SMILES string of the molecule is NC(=O)C1CCC(n2c(Nc3c(Cl)cc(Cl)cc3Cl)nc3cnc(NC4CC(O)C4)nc32)CC1. The number of primary amides is 1. The molecule has 0 spiro atoms. The number of amides is 1. The van der Waals surface area contributed by atoms with Crippen molar-refractivity contribution < 1.29 is 9.90 Å². The maximum atomic E-state index is 11.7. The van der Waals surface area contributed by atoms with Gasteiger partial charge in [-0.05, 0) is 50.7 Å². The number of anilines is 3. The lowest BCUT2D eigenvalue weighted by molar-refractivity contribution is -0.122. The molecule has 9 nitrogen and oxygen atoms in total. The van der Waals surface area contributed by atoms with Crippen LogP contribution in [0.25, 0.3) is 11.2 Å². The molecule has 0 atom stereocenters. The molecule has 2 saturated carbocycles. The fourth-order valence-corrected chi connectivity index (χ4v) is 5.59. The summed E-state index contributed by atoms with van der Waals surface area (Å²) in [6, 6.07) is 3.40. The first kappa shape index (κ1) is 23.4. The number of hydrogen-bond acceptors (Lipinski definition) is 7. The van der Waals surface area contributed by atoms with Gasteiger partial charge in [0.2, 0.25) is 17.8 Å². The zero-order chi connectivity index (χ0) is 24.0. The summed E-state index contributed by atoms with van der Waals surface area (Å²) < 4.78 is 2.02. The lowest BCUT2D eigenvalue weighted by Gasteiger charge is -2.32. The van der Waals surface area contributed by atoms with Crippen LogP contribution in [0.4, 0.5) is 17.6 Å². The van der Waals surface area contributed by atoms with Gasteiger partial charge in [-0.3, -0.25) is 9.36 Å². The molecule has 2 aliphatic carbocycles. The highest BCUT2D eigenvalue weighted by Gasteiger charge is 2.31. The number of halogens is 3. The van der Waals surface area contributed by atoms with Gasteiger partial charge in [0.15, 0.2) is 5.65 Å². The molecule has 3 aromatic rings. The third-order valence-electron chi connectivity index (χ3n) is 6.59. The minimum atomic E-state index is -0.281. The largest absolute Gasteiger partial charge is 0.393 e. The summed E-state index contributed by atoms with van der Waals surface area (Å²) in [6.45, 7) is 0. The van der Waals surface area contributed by atoms with Crippen molar-refractivity contribution in [3.8, 4) is 0 Å². The maximum Gasteiger partial charge on any atom is 0.224 e. The Bertz CT molecular complexity index is 1210. The fourth-order valence-electron chi connectivity index (χ4n) is 4.67. The number of nitrogens with two attached hydrogens (primary N) is 1.